The minimum Gasteiger partial charge on any atom is -0.358 e. The normalized spacial score (nSPS) is 17.3. The number of nitrogens with zero attached hydrogens (tertiary/aromatic N) is 3. The number of anilines is 1. The minimum absolute atomic E-state index is 0.0553. The number of piperidine rings is 1. The number of fused-ring (bicyclic) bond motifs is 1. The molecule has 0 aliphatic carbocycles. The molecule has 134 valence electrons. The Morgan fingerprint density at radius 2 is 1.92 bits per heavy atom. The summed E-state index contributed by atoms with van der Waals surface area (Å²) in [5, 5.41) is 4.06. The van der Waals surface area contributed by atoms with Crippen molar-refractivity contribution >= 4 is 22.8 Å². The van der Waals surface area contributed by atoms with Gasteiger partial charge in [0.2, 0.25) is 11.9 Å². The Balaban J connectivity index is 1.36. The lowest BCUT2D eigenvalue weighted by atomic mass is 9.92. The smallest absolute Gasteiger partial charge is 0.243 e. The summed E-state index contributed by atoms with van der Waals surface area (Å²) in [6.45, 7) is 3.76. The van der Waals surface area contributed by atoms with E-state index in [4.69, 9.17) is 0 Å². The van der Waals surface area contributed by atoms with Crippen LogP contribution >= 0.6 is 0 Å². The Morgan fingerprint density at radius 3 is 2.65 bits per heavy atom. The van der Waals surface area contributed by atoms with E-state index >= 15 is 0 Å². The van der Waals surface area contributed by atoms with Crippen molar-refractivity contribution in [2.75, 3.05) is 18.4 Å². The lowest BCUT2D eigenvalue weighted by molar-refractivity contribution is -0.121. The van der Waals surface area contributed by atoms with E-state index in [1.165, 1.54) is 16.6 Å². The number of H-pyrrole nitrogens is 1. The molecule has 26 heavy (non-hydrogen) atoms. The number of carbonyl (C=O) groups excluding carboxylic acids is 1. The van der Waals surface area contributed by atoms with Crippen molar-refractivity contribution in [2.24, 2.45) is 0 Å². The standard InChI is InChI=1S/C20H23N5O/c1-14(19(26)24-20-21-9-4-10-22-20)25-11-7-15(8-12-25)18-13-16-5-2-3-6-17(16)23-18/h2-6,9-10,13-15,23H,7-8,11-12H2,1H3,(H,21,22,24,26)/t14-/m1/s1. The molecule has 4 rings (SSSR count). The largest absolute Gasteiger partial charge is 0.358 e. The van der Waals surface area contributed by atoms with Crippen LogP contribution in [-0.2, 0) is 4.79 Å². The topological polar surface area (TPSA) is 73.9 Å². The van der Waals surface area contributed by atoms with Gasteiger partial charge < -0.3 is 4.98 Å². The first kappa shape index (κ1) is 16.7. The molecule has 1 saturated heterocycles. The Kier molecular flexibility index (Phi) is 4.67. The summed E-state index contributed by atoms with van der Waals surface area (Å²) in [6, 6.07) is 12.2. The molecule has 0 radical (unpaired) electrons. The molecular weight excluding hydrogens is 326 g/mol. The molecular formula is C20H23N5O. The number of hydrogen-bond donors (Lipinski definition) is 2. The number of aromatic amines is 1. The number of hydrogen-bond acceptors (Lipinski definition) is 4. The van der Waals surface area contributed by atoms with Crippen molar-refractivity contribution in [3.8, 4) is 0 Å². The van der Waals surface area contributed by atoms with Gasteiger partial charge in [0.05, 0.1) is 6.04 Å². The second-order valence-corrected chi connectivity index (χ2v) is 6.86. The van der Waals surface area contributed by atoms with E-state index in [1.54, 1.807) is 18.5 Å². The van der Waals surface area contributed by atoms with Gasteiger partial charge in [0.25, 0.3) is 0 Å². The van der Waals surface area contributed by atoms with E-state index in [0.717, 1.165) is 25.9 Å². The predicted octanol–water partition coefficient (Wildman–Crippen LogP) is 3.16. The van der Waals surface area contributed by atoms with Crippen LogP contribution < -0.4 is 5.32 Å². The number of para-hydroxylation sites is 1. The first-order valence-electron chi connectivity index (χ1n) is 9.10. The van der Waals surface area contributed by atoms with Gasteiger partial charge in [-0.25, -0.2) is 9.97 Å². The van der Waals surface area contributed by atoms with Gasteiger partial charge in [-0.05, 0) is 56.4 Å². The lowest BCUT2D eigenvalue weighted by Crippen LogP contribution is -2.46. The van der Waals surface area contributed by atoms with Crippen LogP contribution in [0, 0.1) is 0 Å². The van der Waals surface area contributed by atoms with Gasteiger partial charge in [0, 0.05) is 29.5 Å². The zero-order valence-corrected chi connectivity index (χ0v) is 14.9. The maximum Gasteiger partial charge on any atom is 0.243 e. The molecule has 3 heterocycles. The quantitative estimate of drug-likeness (QED) is 0.759. The fraction of sp³-hybridized carbons (Fsp3) is 0.350. The Labute approximate surface area is 152 Å². The molecule has 0 bridgehead atoms. The molecule has 0 unspecified atom stereocenters. The Bertz CT molecular complexity index is 850. The van der Waals surface area contributed by atoms with Gasteiger partial charge in [-0.15, -0.1) is 0 Å². The zero-order valence-electron chi connectivity index (χ0n) is 14.9. The average molecular weight is 349 g/mol. The van der Waals surface area contributed by atoms with Crippen LogP contribution in [0.5, 0.6) is 0 Å². The molecule has 6 nitrogen and oxygen atoms in total. The van der Waals surface area contributed by atoms with Crippen molar-refractivity contribution in [1.29, 1.82) is 0 Å². The highest BCUT2D eigenvalue weighted by Crippen LogP contribution is 2.30. The molecule has 1 aliphatic heterocycles. The number of benzene rings is 1. The molecule has 0 spiro atoms. The van der Waals surface area contributed by atoms with Crippen LogP contribution in [0.25, 0.3) is 10.9 Å². The van der Waals surface area contributed by atoms with E-state index in [9.17, 15) is 4.79 Å². The Morgan fingerprint density at radius 1 is 1.19 bits per heavy atom. The van der Waals surface area contributed by atoms with Crippen molar-refractivity contribution in [2.45, 2.75) is 31.7 Å². The summed E-state index contributed by atoms with van der Waals surface area (Å²) >= 11 is 0. The van der Waals surface area contributed by atoms with E-state index in [2.05, 4.69) is 55.5 Å². The number of amides is 1. The molecule has 1 atom stereocenters. The number of rotatable bonds is 4. The SMILES string of the molecule is C[C@H](C(=O)Nc1ncccn1)N1CCC(c2cc3ccccc3[nH]2)CC1. The zero-order chi connectivity index (χ0) is 17.9. The predicted molar refractivity (Wildman–Crippen MR) is 102 cm³/mol. The molecule has 1 fully saturated rings. The minimum atomic E-state index is -0.192. The monoisotopic (exact) mass is 349 g/mol. The van der Waals surface area contributed by atoms with E-state index in [0.29, 0.717) is 11.9 Å². The first-order valence-corrected chi connectivity index (χ1v) is 9.10. The first-order chi connectivity index (χ1) is 12.7. The highest BCUT2D eigenvalue weighted by molar-refractivity contribution is 5.93. The molecule has 1 amide bonds. The van der Waals surface area contributed by atoms with Crippen molar-refractivity contribution < 1.29 is 4.79 Å². The fourth-order valence-corrected chi connectivity index (χ4v) is 3.66. The van der Waals surface area contributed by atoms with E-state index in [1.807, 2.05) is 6.92 Å². The number of nitrogens with one attached hydrogen (secondary N) is 2. The maximum atomic E-state index is 12.4. The summed E-state index contributed by atoms with van der Waals surface area (Å²) in [5.74, 6) is 0.823. The molecule has 0 saturated carbocycles. The van der Waals surface area contributed by atoms with E-state index < -0.39 is 0 Å². The van der Waals surface area contributed by atoms with Crippen LogP contribution in [0.4, 0.5) is 5.95 Å². The molecule has 2 N–H and O–H groups in total. The van der Waals surface area contributed by atoms with Crippen LogP contribution in [0.3, 0.4) is 0 Å². The van der Waals surface area contributed by atoms with Gasteiger partial charge in [0.1, 0.15) is 0 Å². The summed E-state index contributed by atoms with van der Waals surface area (Å²) < 4.78 is 0. The second-order valence-electron chi connectivity index (χ2n) is 6.86. The van der Waals surface area contributed by atoms with E-state index in [-0.39, 0.29) is 11.9 Å². The number of carbonyl (C=O) groups is 1. The number of aromatic nitrogens is 3. The molecule has 1 aromatic carbocycles. The van der Waals surface area contributed by atoms with Gasteiger partial charge in [-0.3, -0.25) is 15.0 Å². The van der Waals surface area contributed by atoms with Gasteiger partial charge in [0.15, 0.2) is 0 Å². The third-order valence-electron chi connectivity index (χ3n) is 5.25. The third kappa shape index (κ3) is 3.46. The van der Waals surface area contributed by atoms with Gasteiger partial charge in [-0.2, -0.15) is 0 Å². The summed E-state index contributed by atoms with van der Waals surface area (Å²) in [7, 11) is 0. The van der Waals surface area contributed by atoms with Crippen LogP contribution in [0.2, 0.25) is 0 Å². The fourth-order valence-electron chi connectivity index (χ4n) is 3.66. The molecule has 3 aromatic rings. The van der Waals surface area contributed by atoms with Crippen molar-refractivity contribution in [1.82, 2.24) is 19.9 Å². The highest BCUT2D eigenvalue weighted by Gasteiger charge is 2.28. The summed E-state index contributed by atoms with van der Waals surface area (Å²) in [5.41, 5.74) is 2.50. The average Bonchev–Trinajstić information content (AvgIpc) is 3.12. The maximum absolute atomic E-state index is 12.4. The highest BCUT2D eigenvalue weighted by atomic mass is 16.2. The molecule has 1 aliphatic rings. The van der Waals surface area contributed by atoms with Crippen molar-refractivity contribution in [3.63, 3.8) is 0 Å². The Hall–Kier alpha value is -2.73. The molecule has 6 heteroatoms. The summed E-state index contributed by atoms with van der Waals surface area (Å²) in [4.78, 5) is 26.3. The lowest BCUT2D eigenvalue weighted by Gasteiger charge is -2.34. The van der Waals surface area contributed by atoms with Crippen molar-refractivity contribution in [3.05, 3.63) is 54.5 Å². The third-order valence-corrected chi connectivity index (χ3v) is 5.25. The molecule has 2 aromatic heterocycles. The van der Waals surface area contributed by atoms with Gasteiger partial charge >= 0.3 is 0 Å². The number of likely N-dealkylation sites (tertiary alicyclic amines) is 1. The van der Waals surface area contributed by atoms with Crippen LogP contribution in [-0.4, -0.2) is 44.9 Å². The van der Waals surface area contributed by atoms with Crippen LogP contribution in [0.1, 0.15) is 31.4 Å². The summed E-state index contributed by atoms with van der Waals surface area (Å²) in [6.07, 6.45) is 5.34. The second kappa shape index (κ2) is 7.25. The van der Waals surface area contributed by atoms with Crippen LogP contribution in [0.15, 0.2) is 48.8 Å². The van der Waals surface area contributed by atoms with Gasteiger partial charge in [-0.1, -0.05) is 18.2 Å².